The standard InChI is InChI=1S/C19H22ClNO3/c1-13(2)24-17-7-4-15(5-8-17)11-21-19(22)12-23-18-9-6-16(20)10-14(18)3/h4-10,13H,11-12H2,1-3H3,(H,21,22). The molecule has 0 aliphatic rings. The molecule has 0 aromatic heterocycles. The highest BCUT2D eigenvalue weighted by Crippen LogP contribution is 2.21. The molecule has 0 radical (unpaired) electrons. The van der Waals surface area contributed by atoms with Gasteiger partial charge in [0.25, 0.3) is 5.91 Å². The van der Waals surface area contributed by atoms with Gasteiger partial charge in [0.2, 0.25) is 0 Å². The van der Waals surface area contributed by atoms with Crippen LogP contribution in [0.1, 0.15) is 25.0 Å². The van der Waals surface area contributed by atoms with Gasteiger partial charge >= 0.3 is 0 Å². The average molecular weight is 348 g/mol. The summed E-state index contributed by atoms with van der Waals surface area (Å²) in [5.41, 5.74) is 1.90. The molecular formula is C19H22ClNO3. The van der Waals surface area contributed by atoms with E-state index < -0.39 is 0 Å². The van der Waals surface area contributed by atoms with Crippen molar-refractivity contribution in [1.82, 2.24) is 5.32 Å². The second-order valence-electron chi connectivity index (χ2n) is 5.79. The number of aryl methyl sites for hydroxylation is 1. The number of ether oxygens (including phenoxy) is 2. The zero-order chi connectivity index (χ0) is 17.5. The molecule has 0 fully saturated rings. The Kier molecular flexibility index (Phi) is 6.50. The second-order valence-corrected chi connectivity index (χ2v) is 6.22. The largest absolute Gasteiger partial charge is 0.491 e. The van der Waals surface area contributed by atoms with Crippen molar-refractivity contribution in [2.75, 3.05) is 6.61 Å². The van der Waals surface area contributed by atoms with Crippen LogP contribution in [0.5, 0.6) is 11.5 Å². The number of nitrogens with one attached hydrogen (secondary N) is 1. The van der Waals surface area contributed by atoms with Gasteiger partial charge in [-0.3, -0.25) is 4.79 Å². The quantitative estimate of drug-likeness (QED) is 0.819. The van der Waals surface area contributed by atoms with Crippen molar-refractivity contribution in [1.29, 1.82) is 0 Å². The normalized spacial score (nSPS) is 10.5. The number of benzene rings is 2. The van der Waals surface area contributed by atoms with Crippen molar-refractivity contribution in [3.05, 3.63) is 58.6 Å². The Labute approximate surface area is 147 Å². The van der Waals surface area contributed by atoms with Gasteiger partial charge in [-0.05, 0) is 62.2 Å². The van der Waals surface area contributed by atoms with Crippen LogP contribution >= 0.6 is 11.6 Å². The molecule has 0 aliphatic carbocycles. The first-order valence-electron chi connectivity index (χ1n) is 7.85. The summed E-state index contributed by atoms with van der Waals surface area (Å²) in [4.78, 5) is 11.9. The first kappa shape index (κ1) is 18.1. The molecule has 0 bridgehead atoms. The minimum atomic E-state index is -0.174. The fourth-order valence-electron chi connectivity index (χ4n) is 2.13. The van der Waals surface area contributed by atoms with E-state index in [-0.39, 0.29) is 18.6 Å². The third kappa shape index (κ3) is 5.78. The molecule has 24 heavy (non-hydrogen) atoms. The number of rotatable bonds is 7. The van der Waals surface area contributed by atoms with Gasteiger partial charge in [0.15, 0.2) is 6.61 Å². The maximum Gasteiger partial charge on any atom is 0.258 e. The monoisotopic (exact) mass is 347 g/mol. The van der Waals surface area contributed by atoms with Gasteiger partial charge in [0.1, 0.15) is 11.5 Å². The van der Waals surface area contributed by atoms with E-state index in [2.05, 4.69) is 5.32 Å². The Morgan fingerprint density at radius 3 is 2.50 bits per heavy atom. The Bertz CT molecular complexity index is 684. The number of carbonyl (C=O) groups is 1. The van der Waals surface area contributed by atoms with Crippen LogP contribution in [0.15, 0.2) is 42.5 Å². The van der Waals surface area contributed by atoms with Gasteiger partial charge in [-0.1, -0.05) is 23.7 Å². The summed E-state index contributed by atoms with van der Waals surface area (Å²) in [6, 6.07) is 13.0. The van der Waals surface area contributed by atoms with Crippen LogP contribution in [-0.4, -0.2) is 18.6 Å². The molecule has 0 spiro atoms. The van der Waals surface area contributed by atoms with Gasteiger partial charge in [0, 0.05) is 11.6 Å². The first-order chi connectivity index (χ1) is 11.4. The van der Waals surface area contributed by atoms with E-state index >= 15 is 0 Å². The lowest BCUT2D eigenvalue weighted by Gasteiger charge is -2.11. The number of hydrogen-bond donors (Lipinski definition) is 1. The van der Waals surface area contributed by atoms with Crippen molar-refractivity contribution in [3.63, 3.8) is 0 Å². The number of carbonyl (C=O) groups excluding carboxylic acids is 1. The molecule has 0 aliphatic heterocycles. The SMILES string of the molecule is Cc1cc(Cl)ccc1OCC(=O)NCc1ccc(OC(C)C)cc1. The fraction of sp³-hybridized carbons (Fsp3) is 0.316. The highest BCUT2D eigenvalue weighted by atomic mass is 35.5. The summed E-state index contributed by atoms with van der Waals surface area (Å²) < 4.78 is 11.1. The lowest BCUT2D eigenvalue weighted by Crippen LogP contribution is -2.28. The molecular weight excluding hydrogens is 326 g/mol. The molecule has 2 rings (SSSR count). The molecule has 2 aromatic rings. The van der Waals surface area contributed by atoms with Crippen LogP contribution in [0.25, 0.3) is 0 Å². The van der Waals surface area contributed by atoms with Crippen LogP contribution in [0.3, 0.4) is 0 Å². The van der Waals surface area contributed by atoms with Crippen molar-refractivity contribution in [2.45, 2.75) is 33.4 Å². The summed E-state index contributed by atoms with van der Waals surface area (Å²) in [5, 5.41) is 3.48. The summed E-state index contributed by atoms with van der Waals surface area (Å²) in [5.74, 6) is 1.30. The third-order valence-electron chi connectivity index (χ3n) is 3.28. The molecule has 4 nitrogen and oxygen atoms in total. The van der Waals surface area contributed by atoms with Crippen LogP contribution in [0.4, 0.5) is 0 Å². The highest BCUT2D eigenvalue weighted by molar-refractivity contribution is 6.30. The van der Waals surface area contributed by atoms with E-state index in [0.717, 1.165) is 16.9 Å². The van der Waals surface area contributed by atoms with Crippen molar-refractivity contribution in [2.24, 2.45) is 0 Å². The topological polar surface area (TPSA) is 47.6 Å². The van der Waals surface area contributed by atoms with E-state index in [1.54, 1.807) is 18.2 Å². The Morgan fingerprint density at radius 1 is 1.17 bits per heavy atom. The summed E-state index contributed by atoms with van der Waals surface area (Å²) in [6.07, 6.45) is 0.143. The van der Waals surface area contributed by atoms with Crippen LogP contribution in [0.2, 0.25) is 5.02 Å². The lowest BCUT2D eigenvalue weighted by atomic mass is 10.2. The predicted molar refractivity (Wildman–Crippen MR) is 95.7 cm³/mol. The van der Waals surface area contributed by atoms with Crippen LogP contribution in [0, 0.1) is 6.92 Å². The molecule has 0 atom stereocenters. The number of halogens is 1. The number of amides is 1. The number of hydrogen-bond acceptors (Lipinski definition) is 3. The van der Waals surface area contributed by atoms with E-state index in [1.165, 1.54) is 0 Å². The van der Waals surface area contributed by atoms with Gasteiger partial charge < -0.3 is 14.8 Å². The van der Waals surface area contributed by atoms with Crippen molar-refractivity contribution >= 4 is 17.5 Å². The molecule has 1 N–H and O–H groups in total. The zero-order valence-corrected chi connectivity index (χ0v) is 14.9. The van der Waals surface area contributed by atoms with E-state index in [9.17, 15) is 4.79 Å². The van der Waals surface area contributed by atoms with Gasteiger partial charge in [-0.2, -0.15) is 0 Å². The molecule has 0 saturated carbocycles. The zero-order valence-electron chi connectivity index (χ0n) is 14.1. The predicted octanol–water partition coefficient (Wildman–Crippen LogP) is 4.13. The molecule has 1 amide bonds. The smallest absolute Gasteiger partial charge is 0.258 e. The van der Waals surface area contributed by atoms with E-state index in [0.29, 0.717) is 17.3 Å². The second kappa shape index (κ2) is 8.60. The third-order valence-corrected chi connectivity index (χ3v) is 3.52. The van der Waals surface area contributed by atoms with Crippen molar-refractivity contribution in [3.8, 4) is 11.5 Å². The minimum Gasteiger partial charge on any atom is -0.491 e. The van der Waals surface area contributed by atoms with Gasteiger partial charge in [-0.15, -0.1) is 0 Å². The van der Waals surface area contributed by atoms with Crippen LogP contribution in [-0.2, 0) is 11.3 Å². The van der Waals surface area contributed by atoms with E-state index in [1.807, 2.05) is 45.0 Å². The summed E-state index contributed by atoms with van der Waals surface area (Å²) in [7, 11) is 0. The molecule has 5 heteroatoms. The summed E-state index contributed by atoms with van der Waals surface area (Å²) in [6.45, 7) is 6.27. The van der Waals surface area contributed by atoms with Gasteiger partial charge in [-0.25, -0.2) is 0 Å². The fourth-order valence-corrected chi connectivity index (χ4v) is 2.35. The Morgan fingerprint density at radius 2 is 1.88 bits per heavy atom. The highest BCUT2D eigenvalue weighted by Gasteiger charge is 2.06. The van der Waals surface area contributed by atoms with Crippen LogP contribution < -0.4 is 14.8 Å². The molecule has 128 valence electrons. The Balaban J connectivity index is 1.78. The van der Waals surface area contributed by atoms with Gasteiger partial charge in [0.05, 0.1) is 6.10 Å². The first-order valence-corrected chi connectivity index (χ1v) is 8.23. The Hall–Kier alpha value is -2.20. The molecule has 2 aromatic carbocycles. The molecule has 0 saturated heterocycles. The lowest BCUT2D eigenvalue weighted by molar-refractivity contribution is -0.123. The minimum absolute atomic E-state index is 0.0307. The van der Waals surface area contributed by atoms with Crippen molar-refractivity contribution < 1.29 is 14.3 Å². The summed E-state index contributed by atoms with van der Waals surface area (Å²) >= 11 is 5.89. The molecule has 0 heterocycles. The maximum atomic E-state index is 11.9. The maximum absolute atomic E-state index is 11.9. The van der Waals surface area contributed by atoms with E-state index in [4.69, 9.17) is 21.1 Å². The average Bonchev–Trinajstić information content (AvgIpc) is 2.53. The molecule has 0 unspecified atom stereocenters.